The molecule has 0 fully saturated rings. The van der Waals surface area contributed by atoms with Crippen LogP contribution in [0.3, 0.4) is 0 Å². The van der Waals surface area contributed by atoms with E-state index in [-0.39, 0.29) is 0 Å². The molecule has 0 aromatic heterocycles. The molecule has 0 aromatic rings. The molecule has 0 radical (unpaired) electrons. The number of rotatable bonds is 6. The lowest BCUT2D eigenvalue weighted by molar-refractivity contribution is 0.541. The highest BCUT2D eigenvalue weighted by Gasteiger charge is 2.08. The van der Waals surface area contributed by atoms with Crippen LogP contribution in [0.2, 0.25) is 0 Å². The van der Waals surface area contributed by atoms with Crippen molar-refractivity contribution in [1.29, 1.82) is 0 Å². The van der Waals surface area contributed by atoms with Gasteiger partial charge in [0, 0.05) is 19.0 Å². The van der Waals surface area contributed by atoms with Gasteiger partial charge in [0.05, 0.1) is 5.84 Å². The second-order valence-corrected chi connectivity index (χ2v) is 4.33. The summed E-state index contributed by atoms with van der Waals surface area (Å²) in [6, 6.07) is 0.615. The molecule has 1 N–H and O–H groups in total. The van der Waals surface area contributed by atoms with Gasteiger partial charge < -0.3 is 5.32 Å². The zero-order valence-electron chi connectivity index (χ0n) is 9.68. The Labute approximate surface area is 88.2 Å². The summed E-state index contributed by atoms with van der Waals surface area (Å²) in [7, 11) is 0. The van der Waals surface area contributed by atoms with Crippen LogP contribution in [0.4, 0.5) is 0 Å². The van der Waals surface area contributed by atoms with Crippen molar-refractivity contribution >= 4 is 5.84 Å². The summed E-state index contributed by atoms with van der Waals surface area (Å²) in [6.45, 7) is 5.56. The van der Waals surface area contributed by atoms with E-state index in [0.29, 0.717) is 6.04 Å². The quantitative estimate of drug-likeness (QED) is 0.648. The number of amidine groups is 1. The van der Waals surface area contributed by atoms with Gasteiger partial charge in [-0.2, -0.15) is 0 Å². The molecule has 0 amide bonds. The third-order valence-corrected chi connectivity index (χ3v) is 2.78. The molecular formula is C12H24N2. The predicted molar refractivity (Wildman–Crippen MR) is 62.9 cm³/mol. The first-order valence-electron chi connectivity index (χ1n) is 6.12. The number of aliphatic imine (C=N–C) groups is 1. The summed E-state index contributed by atoms with van der Waals surface area (Å²) in [4.78, 5) is 4.43. The summed E-state index contributed by atoms with van der Waals surface area (Å²) >= 11 is 0. The summed E-state index contributed by atoms with van der Waals surface area (Å²) in [5.41, 5.74) is 0. The average molecular weight is 196 g/mol. The summed E-state index contributed by atoms with van der Waals surface area (Å²) in [6.07, 6.45) is 9.15. The molecule has 1 heterocycles. The van der Waals surface area contributed by atoms with E-state index in [9.17, 15) is 0 Å². The maximum atomic E-state index is 4.43. The van der Waals surface area contributed by atoms with E-state index < -0.39 is 0 Å². The smallest absolute Gasteiger partial charge is 0.0965 e. The Morgan fingerprint density at radius 2 is 2.21 bits per heavy atom. The van der Waals surface area contributed by atoms with Crippen molar-refractivity contribution in [1.82, 2.24) is 5.32 Å². The van der Waals surface area contributed by atoms with E-state index in [1.807, 2.05) is 0 Å². The van der Waals surface area contributed by atoms with Crippen LogP contribution in [0, 0.1) is 0 Å². The number of hydrogen-bond donors (Lipinski definition) is 1. The Bertz CT molecular complexity index is 175. The molecule has 1 unspecified atom stereocenters. The molecule has 0 aromatic carbocycles. The highest BCUT2D eigenvalue weighted by molar-refractivity contribution is 5.83. The lowest BCUT2D eigenvalue weighted by atomic mass is 10.1. The molecule has 0 saturated carbocycles. The van der Waals surface area contributed by atoms with Crippen molar-refractivity contribution in [2.75, 3.05) is 6.54 Å². The number of nitrogens with one attached hydrogen (secondary N) is 1. The largest absolute Gasteiger partial charge is 0.371 e. The molecular weight excluding hydrogens is 172 g/mol. The molecule has 1 atom stereocenters. The first-order valence-corrected chi connectivity index (χ1v) is 6.12. The molecule has 0 spiro atoms. The molecule has 1 rings (SSSR count). The van der Waals surface area contributed by atoms with Gasteiger partial charge >= 0.3 is 0 Å². The fourth-order valence-electron chi connectivity index (χ4n) is 1.89. The van der Waals surface area contributed by atoms with Crippen molar-refractivity contribution in [2.24, 2.45) is 4.99 Å². The van der Waals surface area contributed by atoms with Gasteiger partial charge in [-0.3, -0.25) is 4.99 Å². The van der Waals surface area contributed by atoms with Crippen LogP contribution in [-0.2, 0) is 0 Å². The van der Waals surface area contributed by atoms with E-state index in [0.717, 1.165) is 6.54 Å². The molecule has 2 heteroatoms. The van der Waals surface area contributed by atoms with E-state index in [1.54, 1.807) is 0 Å². The van der Waals surface area contributed by atoms with E-state index in [2.05, 4.69) is 24.2 Å². The number of unbranched alkanes of at least 4 members (excludes halogenated alkanes) is 3. The monoisotopic (exact) mass is 196 g/mol. The summed E-state index contributed by atoms with van der Waals surface area (Å²) < 4.78 is 0. The lowest BCUT2D eigenvalue weighted by Gasteiger charge is -2.14. The van der Waals surface area contributed by atoms with Crippen LogP contribution >= 0.6 is 0 Å². The highest BCUT2D eigenvalue weighted by atomic mass is 15.0. The molecule has 14 heavy (non-hydrogen) atoms. The van der Waals surface area contributed by atoms with Gasteiger partial charge in [0.2, 0.25) is 0 Å². The van der Waals surface area contributed by atoms with Gasteiger partial charge in [0.25, 0.3) is 0 Å². The Morgan fingerprint density at radius 1 is 1.36 bits per heavy atom. The minimum Gasteiger partial charge on any atom is -0.371 e. The second kappa shape index (κ2) is 6.86. The highest BCUT2D eigenvalue weighted by Crippen LogP contribution is 2.07. The van der Waals surface area contributed by atoms with E-state index in [1.165, 1.54) is 50.8 Å². The first-order chi connectivity index (χ1) is 6.83. The molecule has 0 bridgehead atoms. The average Bonchev–Trinajstić information content (AvgIpc) is 2.65. The topological polar surface area (TPSA) is 24.4 Å². The normalized spacial score (nSPS) is 18.0. The van der Waals surface area contributed by atoms with Gasteiger partial charge in [0.1, 0.15) is 0 Å². The first kappa shape index (κ1) is 11.5. The van der Waals surface area contributed by atoms with Crippen molar-refractivity contribution in [3.05, 3.63) is 0 Å². The molecule has 0 saturated heterocycles. The molecule has 1 aliphatic rings. The second-order valence-electron chi connectivity index (χ2n) is 4.33. The Kier molecular flexibility index (Phi) is 5.65. The fourth-order valence-corrected chi connectivity index (χ4v) is 1.89. The van der Waals surface area contributed by atoms with Crippen LogP contribution in [-0.4, -0.2) is 18.4 Å². The standard InChI is InChI=1S/C12H24N2/c1-3-4-5-6-8-11(2)14-12-9-7-10-13-12/h11H,3-10H2,1-2H3,(H,13,14). The minimum atomic E-state index is 0.615. The van der Waals surface area contributed by atoms with Crippen LogP contribution in [0.25, 0.3) is 0 Å². The zero-order valence-corrected chi connectivity index (χ0v) is 9.68. The number of hydrogen-bond acceptors (Lipinski definition) is 2. The van der Waals surface area contributed by atoms with Gasteiger partial charge in [0.15, 0.2) is 0 Å². The minimum absolute atomic E-state index is 0.615. The summed E-state index contributed by atoms with van der Waals surface area (Å²) in [5.74, 6) is 1.24. The van der Waals surface area contributed by atoms with Crippen molar-refractivity contribution < 1.29 is 0 Å². The van der Waals surface area contributed by atoms with Crippen LogP contribution in [0.1, 0.15) is 58.8 Å². The van der Waals surface area contributed by atoms with Crippen molar-refractivity contribution in [2.45, 2.75) is 64.8 Å². The van der Waals surface area contributed by atoms with Crippen LogP contribution in [0.15, 0.2) is 4.99 Å². The van der Waals surface area contributed by atoms with Crippen molar-refractivity contribution in [3.8, 4) is 0 Å². The molecule has 1 aliphatic heterocycles. The van der Waals surface area contributed by atoms with E-state index >= 15 is 0 Å². The van der Waals surface area contributed by atoms with Gasteiger partial charge in [-0.25, -0.2) is 0 Å². The van der Waals surface area contributed by atoms with E-state index in [4.69, 9.17) is 0 Å². The maximum absolute atomic E-state index is 4.43. The van der Waals surface area contributed by atoms with Crippen LogP contribution in [0.5, 0.6) is 0 Å². The molecule has 82 valence electrons. The third kappa shape index (κ3) is 4.64. The molecule has 2 nitrogen and oxygen atoms in total. The maximum Gasteiger partial charge on any atom is 0.0965 e. The lowest BCUT2D eigenvalue weighted by Crippen LogP contribution is -2.31. The SMILES string of the molecule is CCCCCCC(C)NC1=NCCC1. The predicted octanol–water partition coefficient (Wildman–Crippen LogP) is 3.13. The third-order valence-electron chi connectivity index (χ3n) is 2.78. The molecule has 0 aliphatic carbocycles. The Balaban J connectivity index is 2.00. The number of nitrogens with zero attached hydrogens (tertiary/aromatic N) is 1. The summed E-state index contributed by atoms with van der Waals surface area (Å²) in [5, 5.41) is 3.51. The van der Waals surface area contributed by atoms with Gasteiger partial charge in [-0.05, 0) is 19.8 Å². The Hall–Kier alpha value is -0.530. The fraction of sp³-hybridized carbons (Fsp3) is 0.917. The van der Waals surface area contributed by atoms with Crippen LogP contribution < -0.4 is 5.32 Å². The van der Waals surface area contributed by atoms with Gasteiger partial charge in [-0.15, -0.1) is 0 Å². The zero-order chi connectivity index (χ0) is 10.2. The van der Waals surface area contributed by atoms with Gasteiger partial charge in [-0.1, -0.05) is 32.6 Å². The Morgan fingerprint density at radius 3 is 2.86 bits per heavy atom. The van der Waals surface area contributed by atoms with Crippen molar-refractivity contribution in [3.63, 3.8) is 0 Å².